The standard InChI is InChI=1S/C9H10ClFN2O4S/c1-18(16,17)3-2-12-9-7(11)4-6(10)5-8(9)13(14)15/h4-5,12H,2-3H2,1H3. The van der Waals surface area contributed by atoms with Gasteiger partial charge in [0.2, 0.25) is 0 Å². The summed E-state index contributed by atoms with van der Waals surface area (Å²) in [5.74, 6) is -1.16. The molecule has 1 rings (SSSR count). The highest BCUT2D eigenvalue weighted by molar-refractivity contribution is 7.90. The predicted molar refractivity (Wildman–Crippen MR) is 66.3 cm³/mol. The van der Waals surface area contributed by atoms with Crippen molar-refractivity contribution in [1.82, 2.24) is 0 Å². The highest BCUT2D eigenvalue weighted by atomic mass is 35.5. The van der Waals surface area contributed by atoms with Gasteiger partial charge >= 0.3 is 0 Å². The van der Waals surface area contributed by atoms with Crippen molar-refractivity contribution in [3.05, 3.63) is 33.1 Å². The van der Waals surface area contributed by atoms with Crippen LogP contribution in [0.15, 0.2) is 12.1 Å². The van der Waals surface area contributed by atoms with E-state index in [1.807, 2.05) is 0 Å². The molecule has 0 aliphatic rings. The lowest BCUT2D eigenvalue weighted by Crippen LogP contribution is -2.15. The first-order valence-corrected chi connectivity index (χ1v) is 7.19. The minimum atomic E-state index is -3.23. The molecular weight excluding hydrogens is 287 g/mol. The van der Waals surface area contributed by atoms with E-state index in [4.69, 9.17) is 11.6 Å². The summed E-state index contributed by atoms with van der Waals surface area (Å²) in [5.41, 5.74) is -0.901. The SMILES string of the molecule is CS(=O)(=O)CCNc1c(F)cc(Cl)cc1[N+](=O)[O-]. The maximum Gasteiger partial charge on any atom is 0.296 e. The van der Waals surface area contributed by atoms with E-state index in [-0.39, 0.29) is 23.0 Å². The number of nitro benzene ring substituents is 1. The molecule has 0 aliphatic carbocycles. The molecule has 0 saturated heterocycles. The number of rotatable bonds is 5. The maximum absolute atomic E-state index is 13.5. The lowest BCUT2D eigenvalue weighted by molar-refractivity contribution is -0.384. The molecule has 0 amide bonds. The summed E-state index contributed by atoms with van der Waals surface area (Å²) in [6, 6.07) is 1.91. The van der Waals surface area contributed by atoms with Crippen molar-refractivity contribution in [3.8, 4) is 0 Å². The van der Waals surface area contributed by atoms with E-state index in [0.29, 0.717) is 0 Å². The molecule has 0 bridgehead atoms. The summed E-state index contributed by atoms with van der Waals surface area (Å²) in [5, 5.41) is 13.0. The first kappa shape index (κ1) is 14.7. The number of halogens is 2. The summed E-state index contributed by atoms with van der Waals surface area (Å²) < 4.78 is 35.3. The number of benzene rings is 1. The predicted octanol–water partition coefficient (Wildman–Crippen LogP) is 1.84. The molecule has 9 heteroatoms. The molecule has 18 heavy (non-hydrogen) atoms. The molecule has 1 aromatic rings. The second kappa shape index (κ2) is 5.49. The summed E-state index contributed by atoms with van der Waals surface area (Å²) in [4.78, 5) is 9.91. The van der Waals surface area contributed by atoms with Gasteiger partial charge in [0.1, 0.15) is 15.5 Å². The van der Waals surface area contributed by atoms with Crippen LogP contribution in [0.1, 0.15) is 0 Å². The van der Waals surface area contributed by atoms with E-state index < -0.39 is 26.3 Å². The Morgan fingerprint density at radius 3 is 2.61 bits per heavy atom. The number of nitrogens with one attached hydrogen (secondary N) is 1. The normalized spacial score (nSPS) is 11.3. The zero-order valence-corrected chi connectivity index (χ0v) is 10.9. The minimum Gasteiger partial charge on any atom is -0.376 e. The van der Waals surface area contributed by atoms with Crippen LogP contribution in [0, 0.1) is 15.9 Å². The topological polar surface area (TPSA) is 89.3 Å². The van der Waals surface area contributed by atoms with Crippen LogP contribution in [-0.2, 0) is 9.84 Å². The average molecular weight is 297 g/mol. The van der Waals surface area contributed by atoms with Crippen LogP contribution in [0.5, 0.6) is 0 Å². The van der Waals surface area contributed by atoms with E-state index in [0.717, 1.165) is 18.4 Å². The van der Waals surface area contributed by atoms with Crippen molar-refractivity contribution in [3.63, 3.8) is 0 Å². The van der Waals surface area contributed by atoms with Crippen LogP contribution in [0.25, 0.3) is 0 Å². The van der Waals surface area contributed by atoms with E-state index in [9.17, 15) is 22.9 Å². The Bertz CT molecular complexity index is 576. The highest BCUT2D eigenvalue weighted by Crippen LogP contribution is 2.30. The van der Waals surface area contributed by atoms with Crippen LogP contribution in [0.4, 0.5) is 15.8 Å². The molecule has 0 fully saturated rings. The molecule has 100 valence electrons. The molecule has 0 unspecified atom stereocenters. The molecule has 6 nitrogen and oxygen atoms in total. The average Bonchev–Trinajstić information content (AvgIpc) is 2.18. The van der Waals surface area contributed by atoms with E-state index in [1.54, 1.807) is 0 Å². The van der Waals surface area contributed by atoms with Crippen molar-refractivity contribution in [2.45, 2.75) is 0 Å². The number of hydrogen-bond acceptors (Lipinski definition) is 5. The Morgan fingerprint density at radius 2 is 2.11 bits per heavy atom. The van der Waals surface area contributed by atoms with Gasteiger partial charge in [-0.15, -0.1) is 0 Å². The number of nitro groups is 1. The fourth-order valence-corrected chi connectivity index (χ4v) is 1.91. The Kier molecular flexibility index (Phi) is 4.47. The maximum atomic E-state index is 13.5. The van der Waals surface area contributed by atoms with E-state index in [1.165, 1.54) is 0 Å². The minimum absolute atomic E-state index is 0.104. The molecule has 0 aliphatic heterocycles. The van der Waals surface area contributed by atoms with Gasteiger partial charge in [0.05, 0.1) is 15.7 Å². The third kappa shape index (κ3) is 4.11. The third-order valence-electron chi connectivity index (χ3n) is 2.01. The molecule has 1 aromatic carbocycles. The van der Waals surface area contributed by atoms with Crippen molar-refractivity contribution in [2.75, 3.05) is 23.9 Å². The Balaban J connectivity index is 2.97. The van der Waals surface area contributed by atoms with E-state index in [2.05, 4.69) is 5.32 Å². The van der Waals surface area contributed by atoms with Crippen molar-refractivity contribution in [1.29, 1.82) is 0 Å². The lowest BCUT2D eigenvalue weighted by Gasteiger charge is -2.07. The number of anilines is 1. The summed E-state index contributed by atoms with van der Waals surface area (Å²) in [6.45, 7) is -0.127. The highest BCUT2D eigenvalue weighted by Gasteiger charge is 2.19. The second-order valence-electron chi connectivity index (χ2n) is 3.60. The van der Waals surface area contributed by atoms with E-state index >= 15 is 0 Å². The molecular formula is C9H10ClFN2O4S. The number of hydrogen-bond donors (Lipinski definition) is 1. The van der Waals surface area contributed by atoms with Crippen LogP contribution in [0.3, 0.4) is 0 Å². The van der Waals surface area contributed by atoms with Gasteiger partial charge in [-0.05, 0) is 6.07 Å². The largest absolute Gasteiger partial charge is 0.376 e. The van der Waals surface area contributed by atoms with Crippen molar-refractivity contribution in [2.24, 2.45) is 0 Å². The van der Waals surface area contributed by atoms with Crippen LogP contribution >= 0.6 is 11.6 Å². The van der Waals surface area contributed by atoms with Crippen molar-refractivity contribution >= 4 is 32.8 Å². The fourth-order valence-electron chi connectivity index (χ4n) is 1.24. The smallest absolute Gasteiger partial charge is 0.296 e. The molecule has 0 atom stereocenters. The zero-order chi connectivity index (χ0) is 13.9. The summed E-state index contributed by atoms with van der Waals surface area (Å²) >= 11 is 5.50. The van der Waals surface area contributed by atoms with Gasteiger partial charge in [-0.2, -0.15) is 0 Å². The molecule has 0 spiro atoms. The van der Waals surface area contributed by atoms with Gasteiger partial charge in [0.25, 0.3) is 5.69 Å². The molecule has 1 N–H and O–H groups in total. The fraction of sp³-hybridized carbons (Fsp3) is 0.333. The summed E-state index contributed by atoms with van der Waals surface area (Å²) in [7, 11) is -3.23. The quantitative estimate of drug-likeness (QED) is 0.661. The molecule has 0 saturated carbocycles. The van der Waals surface area contributed by atoms with Gasteiger partial charge in [-0.3, -0.25) is 10.1 Å². The van der Waals surface area contributed by atoms with Crippen LogP contribution in [0.2, 0.25) is 5.02 Å². The van der Waals surface area contributed by atoms with Gasteiger partial charge in [0.15, 0.2) is 5.82 Å². The Hall–Kier alpha value is -1.41. The lowest BCUT2D eigenvalue weighted by atomic mass is 10.2. The first-order chi connectivity index (χ1) is 8.20. The number of nitrogens with zero attached hydrogens (tertiary/aromatic N) is 1. The summed E-state index contributed by atoms with van der Waals surface area (Å²) in [6.07, 6.45) is 1.02. The van der Waals surface area contributed by atoms with Crippen molar-refractivity contribution < 1.29 is 17.7 Å². The Morgan fingerprint density at radius 1 is 1.50 bits per heavy atom. The molecule has 0 radical (unpaired) electrons. The van der Waals surface area contributed by atoms with Crippen LogP contribution < -0.4 is 5.32 Å². The first-order valence-electron chi connectivity index (χ1n) is 4.76. The Labute approximate surface area is 108 Å². The number of sulfone groups is 1. The third-order valence-corrected chi connectivity index (χ3v) is 3.17. The zero-order valence-electron chi connectivity index (χ0n) is 9.31. The van der Waals surface area contributed by atoms with Gasteiger partial charge < -0.3 is 5.32 Å². The monoisotopic (exact) mass is 296 g/mol. The second-order valence-corrected chi connectivity index (χ2v) is 6.29. The van der Waals surface area contributed by atoms with Gasteiger partial charge in [0, 0.05) is 18.9 Å². The van der Waals surface area contributed by atoms with Gasteiger partial charge in [-0.1, -0.05) is 11.6 Å². The van der Waals surface area contributed by atoms with Crippen LogP contribution in [-0.4, -0.2) is 31.9 Å². The molecule has 0 aromatic heterocycles. The molecule has 0 heterocycles. The van der Waals surface area contributed by atoms with Gasteiger partial charge in [-0.25, -0.2) is 12.8 Å².